The lowest BCUT2D eigenvalue weighted by Crippen LogP contribution is -2.48. The average molecular weight is 329 g/mol. The Balaban J connectivity index is 1.86. The molecule has 0 atom stereocenters. The van der Waals surface area contributed by atoms with Crippen LogP contribution < -0.4 is 0 Å². The molecule has 2 nitrogen and oxygen atoms in total. The highest BCUT2D eigenvalue weighted by Gasteiger charge is 2.26. The first-order valence-corrected chi connectivity index (χ1v) is 8.43. The second-order valence-corrected chi connectivity index (χ2v) is 6.64. The summed E-state index contributed by atoms with van der Waals surface area (Å²) in [5.41, 5.74) is 2.69. The van der Waals surface area contributed by atoms with Crippen LogP contribution in [0.1, 0.15) is 17.2 Å². The molecule has 0 bridgehead atoms. The molecule has 2 aromatic rings. The third-order valence-corrected chi connectivity index (χ3v) is 4.72. The van der Waals surface area contributed by atoms with E-state index in [1.54, 1.807) is 0 Å². The monoisotopic (exact) mass is 328 g/mol. The SMILES string of the molecule is S=C(S)N1CCN(C(c2ccccc2)c2ccccc2)CC1. The fourth-order valence-corrected chi connectivity index (χ4v) is 3.44. The van der Waals surface area contributed by atoms with Gasteiger partial charge >= 0.3 is 0 Å². The summed E-state index contributed by atoms with van der Waals surface area (Å²) < 4.78 is 0.704. The van der Waals surface area contributed by atoms with E-state index in [0.717, 1.165) is 26.2 Å². The van der Waals surface area contributed by atoms with Gasteiger partial charge in [-0.05, 0) is 11.1 Å². The van der Waals surface area contributed by atoms with Crippen molar-refractivity contribution in [2.75, 3.05) is 26.2 Å². The standard InChI is InChI=1S/C18H20N2S2/c21-18(22)20-13-11-19(12-14-20)17(15-7-3-1-4-8-15)16-9-5-2-6-10-16/h1-10,17H,11-14H2,(H,21,22). The van der Waals surface area contributed by atoms with Crippen LogP contribution in [-0.4, -0.2) is 40.3 Å². The van der Waals surface area contributed by atoms with Gasteiger partial charge in [-0.15, -0.1) is 12.6 Å². The Morgan fingerprint density at radius 2 is 1.27 bits per heavy atom. The third kappa shape index (κ3) is 3.51. The summed E-state index contributed by atoms with van der Waals surface area (Å²) in [5.74, 6) is 0. The summed E-state index contributed by atoms with van der Waals surface area (Å²) >= 11 is 9.48. The lowest BCUT2D eigenvalue weighted by molar-refractivity contribution is 0.153. The van der Waals surface area contributed by atoms with E-state index < -0.39 is 0 Å². The predicted octanol–water partition coefficient (Wildman–Crippen LogP) is 3.61. The second kappa shape index (κ2) is 7.27. The Kier molecular flexibility index (Phi) is 5.13. The summed E-state index contributed by atoms with van der Waals surface area (Å²) in [6.45, 7) is 3.88. The summed E-state index contributed by atoms with van der Waals surface area (Å²) in [7, 11) is 0. The molecule has 1 aliphatic rings. The number of rotatable bonds is 3. The molecule has 0 unspecified atom stereocenters. The van der Waals surface area contributed by atoms with E-state index in [0.29, 0.717) is 10.4 Å². The van der Waals surface area contributed by atoms with Crippen molar-refractivity contribution >= 4 is 29.2 Å². The van der Waals surface area contributed by atoms with Gasteiger partial charge in [-0.25, -0.2) is 0 Å². The van der Waals surface area contributed by atoms with Crippen molar-refractivity contribution in [2.45, 2.75) is 6.04 Å². The molecule has 0 radical (unpaired) electrons. The van der Waals surface area contributed by atoms with Crippen LogP contribution in [0.3, 0.4) is 0 Å². The summed E-state index contributed by atoms with van der Waals surface area (Å²) in [6, 6.07) is 21.8. The Hall–Kier alpha value is -1.36. The Labute approximate surface area is 143 Å². The lowest BCUT2D eigenvalue weighted by atomic mass is 9.96. The lowest BCUT2D eigenvalue weighted by Gasteiger charge is -2.40. The van der Waals surface area contributed by atoms with E-state index in [1.165, 1.54) is 11.1 Å². The Morgan fingerprint density at radius 3 is 1.68 bits per heavy atom. The minimum absolute atomic E-state index is 0.304. The zero-order valence-electron chi connectivity index (χ0n) is 12.4. The first-order valence-electron chi connectivity index (χ1n) is 7.57. The second-order valence-electron chi connectivity index (χ2n) is 5.53. The molecule has 3 rings (SSSR count). The maximum atomic E-state index is 5.18. The van der Waals surface area contributed by atoms with Crippen molar-refractivity contribution < 1.29 is 0 Å². The highest BCUT2D eigenvalue weighted by atomic mass is 32.1. The van der Waals surface area contributed by atoms with Gasteiger partial charge in [0.25, 0.3) is 0 Å². The predicted molar refractivity (Wildman–Crippen MR) is 99.5 cm³/mol. The van der Waals surface area contributed by atoms with E-state index in [9.17, 15) is 0 Å². The van der Waals surface area contributed by atoms with Gasteiger partial charge in [-0.1, -0.05) is 72.9 Å². The molecular weight excluding hydrogens is 308 g/mol. The summed E-state index contributed by atoms with van der Waals surface area (Å²) in [5, 5.41) is 0. The Morgan fingerprint density at radius 1 is 0.818 bits per heavy atom. The molecule has 0 aliphatic carbocycles. The van der Waals surface area contributed by atoms with Gasteiger partial charge in [-0.2, -0.15) is 0 Å². The molecule has 0 aromatic heterocycles. The maximum absolute atomic E-state index is 5.18. The number of thiocarbonyl (C=S) groups is 1. The molecule has 22 heavy (non-hydrogen) atoms. The zero-order valence-corrected chi connectivity index (χ0v) is 14.1. The van der Waals surface area contributed by atoms with Gasteiger partial charge in [0, 0.05) is 26.2 Å². The number of hydrogen-bond donors (Lipinski definition) is 1. The molecule has 2 aromatic carbocycles. The number of nitrogens with zero attached hydrogens (tertiary/aromatic N) is 2. The Bertz CT molecular complexity index is 568. The largest absolute Gasteiger partial charge is 0.355 e. The highest BCUT2D eigenvalue weighted by molar-refractivity contribution is 8.10. The van der Waals surface area contributed by atoms with Crippen molar-refractivity contribution in [1.82, 2.24) is 9.80 Å². The van der Waals surface area contributed by atoms with Crippen molar-refractivity contribution in [3.05, 3.63) is 71.8 Å². The molecule has 4 heteroatoms. The van der Waals surface area contributed by atoms with Crippen LogP contribution in [0, 0.1) is 0 Å². The molecule has 1 fully saturated rings. The molecule has 114 valence electrons. The van der Waals surface area contributed by atoms with Crippen molar-refractivity contribution in [2.24, 2.45) is 0 Å². The topological polar surface area (TPSA) is 6.48 Å². The number of hydrogen-bond acceptors (Lipinski definition) is 2. The van der Waals surface area contributed by atoms with E-state index >= 15 is 0 Å². The van der Waals surface area contributed by atoms with Crippen LogP contribution in [0.4, 0.5) is 0 Å². The molecule has 1 aliphatic heterocycles. The minimum atomic E-state index is 0.304. The number of piperazine rings is 1. The van der Waals surface area contributed by atoms with Crippen LogP contribution >= 0.6 is 24.8 Å². The normalized spacial score (nSPS) is 16.0. The summed E-state index contributed by atoms with van der Waals surface area (Å²) in [6.07, 6.45) is 0. The van der Waals surface area contributed by atoms with E-state index in [-0.39, 0.29) is 0 Å². The molecule has 1 saturated heterocycles. The molecule has 1 heterocycles. The van der Waals surface area contributed by atoms with Gasteiger partial charge in [0.15, 0.2) is 0 Å². The van der Waals surface area contributed by atoms with Crippen LogP contribution in [0.5, 0.6) is 0 Å². The zero-order chi connectivity index (χ0) is 15.4. The first-order chi connectivity index (χ1) is 10.8. The van der Waals surface area contributed by atoms with E-state index in [4.69, 9.17) is 12.2 Å². The van der Waals surface area contributed by atoms with Crippen LogP contribution in [0.25, 0.3) is 0 Å². The van der Waals surface area contributed by atoms with Gasteiger partial charge in [-0.3, -0.25) is 4.90 Å². The van der Waals surface area contributed by atoms with Crippen LogP contribution in [-0.2, 0) is 0 Å². The molecule has 0 amide bonds. The van der Waals surface area contributed by atoms with Gasteiger partial charge < -0.3 is 4.90 Å². The molecule has 0 N–H and O–H groups in total. The smallest absolute Gasteiger partial charge is 0.133 e. The average Bonchev–Trinajstić information content (AvgIpc) is 2.57. The molecule has 0 spiro atoms. The van der Waals surface area contributed by atoms with E-state index in [1.807, 2.05) is 0 Å². The summed E-state index contributed by atoms with van der Waals surface area (Å²) in [4.78, 5) is 4.70. The fraction of sp³-hybridized carbons (Fsp3) is 0.278. The van der Waals surface area contributed by atoms with Crippen molar-refractivity contribution in [3.63, 3.8) is 0 Å². The molecule has 0 saturated carbocycles. The van der Waals surface area contributed by atoms with E-state index in [2.05, 4.69) is 83.1 Å². The van der Waals surface area contributed by atoms with Crippen molar-refractivity contribution in [3.8, 4) is 0 Å². The van der Waals surface area contributed by atoms with Gasteiger partial charge in [0.1, 0.15) is 4.32 Å². The minimum Gasteiger partial charge on any atom is -0.355 e. The van der Waals surface area contributed by atoms with Gasteiger partial charge in [0.2, 0.25) is 0 Å². The highest BCUT2D eigenvalue weighted by Crippen LogP contribution is 2.29. The van der Waals surface area contributed by atoms with Crippen LogP contribution in [0.15, 0.2) is 60.7 Å². The van der Waals surface area contributed by atoms with Gasteiger partial charge in [0.05, 0.1) is 6.04 Å². The molecular formula is C18H20N2S2. The number of thiol groups is 1. The first kappa shape index (κ1) is 15.5. The number of benzene rings is 2. The third-order valence-electron chi connectivity index (χ3n) is 4.18. The maximum Gasteiger partial charge on any atom is 0.133 e. The quantitative estimate of drug-likeness (QED) is 0.680. The van der Waals surface area contributed by atoms with Crippen LogP contribution in [0.2, 0.25) is 0 Å². The fourth-order valence-electron chi connectivity index (χ4n) is 3.06. The van der Waals surface area contributed by atoms with Crippen molar-refractivity contribution in [1.29, 1.82) is 0 Å².